The zero-order valence-electron chi connectivity index (χ0n) is 17.0. The third-order valence-corrected chi connectivity index (χ3v) is 7.60. The summed E-state index contributed by atoms with van der Waals surface area (Å²) in [7, 11) is -4.01. The van der Waals surface area contributed by atoms with Crippen molar-refractivity contribution in [2.75, 3.05) is 19.6 Å². The minimum absolute atomic E-state index is 0.0104. The predicted octanol–water partition coefficient (Wildman–Crippen LogP) is 2.70. The Balaban J connectivity index is 1.82. The van der Waals surface area contributed by atoms with Crippen molar-refractivity contribution < 1.29 is 17.2 Å². The van der Waals surface area contributed by atoms with Crippen LogP contribution in [0.3, 0.4) is 0 Å². The minimum atomic E-state index is -4.01. The Hall–Kier alpha value is -2.62. The molecule has 31 heavy (non-hydrogen) atoms. The summed E-state index contributed by atoms with van der Waals surface area (Å²) in [6.45, 7) is 3.35. The van der Waals surface area contributed by atoms with Gasteiger partial charge in [-0.05, 0) is 49.7 Å². The standard InChI is InChI=1S/C22H23F2N3O3S/c1-15-12-25-10-3-11-27(15)31(29,30)20-5-2-4-18-21(20)19(24)14-26(22(18)28)13-16-6-8-17(23)9-7-16/h2,4-9,14-15,25H,3,10-13H2,1H3/t15-/m1/s1. The van der Waals surface area contributed by atoms with E-state index >= 15 is 4.39 Å². The molecular weight excluding hydrogens is 424 g/mol. The zero-order chi connectivity index (χ0) is 22.2. The molecule has 1 N–H and O–H groups in total. The Morgan fingerprint density at radius 3 is 2.61 bits per heavy atom. The lowest BCUT2D eigenvalue weighted by Gasteiger charge is -2.26. The molecule has 0 saturated carbocycles. The highest BCUT2D eigenvalue weighted by Gasteiger charge is 2.32. The van der Waals surface area contributed by atoms with E-state index in [0.717, 1.165) is 6.20 Å². The van der Waals surface area contributed by atoms with Gasteiger partial charge in [0.1, 0.15) is 11.6 Å². The summed E-state index contributed by atoms with van der Waals surface area (Å²) in [5, 5.41) is 2.97. The van der Waals surface area contributed by atoms with Crippen LogP contribution in [0.15, 0.2) is 58.4 Å². The maximum absolute atomic E-state index is 15.2. The molecule has 3 aromatic rings. The topological polar surface area (TPSA) is 71.4 Å². The van der Waals surface area contributed by atoms with Crippen LogP contribution in [0.4, 0.5) is 8.78 Å². The summed E-state index contributed by atoms with van der Waals surface area (Å²) >= 11 is 0. The molecule has 1 aromatic heterocycles. The number of fused-ring (bicyclic) bond motifs is 1. The summed E-state index contributed by atoms with van der Waals surface area (Å²) in [5.74, 6) is -1.20. The molecule has 1 atom stereocenters. The minimum Gasteiger partial charge on any atom is -0.315 e. The Morgan fingerprint density at radius 2 is 1.87 bits per heavy atom. The van der Waals surface area contributed by atoms with Crippen molar-refractivity contribution in [2.24, 2.45) is 0 Å². The lowest BCUT2D eigenvalue weighted by molar-refractivity contribution is 0.353. The molecule has 1 saturated heterocycles. The van der Waals surface area contributed by atoms with E-state index in [4.69, 9.17) is 0 Å². The number of benzene rings is 2. The maximum Gasteiger partial charge on any atom is 0.258 e. The van der Waals surface area contributed by atoms with E-state index in [1.807, 2.05) is 0 Å². The average Bonchev–Trinajstić information content (AvgIpc) is 2.97. The second-order valence-corrected chi connectivity index (χ2v) is 9.60. The lowest BCUT2D eigenvalue weighted by atomic mass is 10.1. The number of nitrogens with one attached hydrogen (secondary N) is 1. The van der Waals surface area contributed by atoms with Gasteiger partial charge in [0.15, 0.2) is 0 Å². The summed E-state index contributed by atoms with van der Waals surface area (Å²) in [4.78, 5) is 12.8. The van der Waals surface area contributed by atoms with Gasteiger partial charge in [-0.3, -0.25) is 4.79 Å². The molecule has 1 aliphatic heterocycles. The highest BCUT2D eigenvalue weighted by Crippen LogP contribution is 2.28. The number of hydrogen-bond acceptors (Lipinski definition) is 4. The second-order valence-electron chi connectivity index (χ2n) is 7.74. The van der Waals surface area contributed by atoms with Crippen molar-refractivity contribution in [1.82, 2.24) is 14.2 Å². The molecule has 2 heterocycles. The van der Waals surface area contributed by atoms with Gasteiger partial charge >= 0.3 is 0 Å². The SMILES string of the molecule is C[C@@H]1CNCCCN1S(=O)(=O)c1cccc2c(=O)n(Cc3ccc(F)cc3)cc(F)c12. The maximum atomic E-state index is 15.2. The van der Waals surface area contributed by atoms with Crippen LogP contribution < -0.4 is 10.9 Å². The molecule has 164 valence electrons. The Kier molecular flexibility index (Phi) is 5.92. The molecule has 0 radical (unpaired) electrons. The van der Waals surface area contributed by atoms with Gasteiger partial charge in [0, 0.05) is 30.7 Å². The van der Waals surface area contributed by atoms with Crippen LogP contribution in [0.1, 0.15) is 18.9 Å². The molecule has 0 amide bonds. The van der Waals surface area contributed by atoms with Crippen LogP contribution in [-0.4, -0.2) is 43.0 Å². The molecule has 0 aliphatic carbocycles. The van der Waals surface area contributed by atoms with Crippen molar-refractivity contribution in [3.8, 4) is 0 Å². The number of pyridine rings is 1. The lowest BCUT2D eigenvalue weighted by Crippen LogP contribution is -2.41. The van der Waals surface area contributed by atoms with E-state index in [2.05, 4.69) is 5.32 Å². The van der Waals surface area contributed by atoms with Crippen LogP contribution in [0.2, 0.25) is 0 Å². The van der Waals surface area contributed by atoms with Crippen molar-refractivity contribution in [3.05, 3.63) is 76.2 Å². The van der Waals surface area contributed by atoms with Crippen molar-refractivity contribution in [1.29, 1.82) is 0 Å². The Labute approximate surface area is 179 Å². The summed E-state index contributed by atoms with van der Waals surface area (Å²) in [5.41, 5.74) is 0.111. The number of sulfonamides is 1. The molecule has 2 aromatic carbocycles. The van der Waals surface area contributed by atoms with Gasteiger partial charge in [-0.15, -0.1) is 0 Å². The van der Waals surface area contributed by atoms with Gasteiger partial charge in [0.25, 0.3) is 5.56 Å². The zero-order valence-corrected chi connectivity index (χ0v) is 17.8. The highest BCUT2D eigenvalue weighted by atomic mass is 32.2. The first-order valence-electron chi connectivity index (χ1n) is 10.1. The van der Waals surface area contributed by atoms with Gasteiger partial charge in [0.05, 0.1) is 16.8 Å². The number of nitrogens with zero attached hydrogens (tertiary/aromatic N) is 2. The fourth-order valence-electron chi connectivity index (χ4n) is 3.97. The van der Waals surface area contributed by atoms with Gasteiger partial charge < -0.3 is 9.88 Å². The average molecular weight is 448 g/mol. The van der Waals surface area contributed by atoms with Crippen LogP contribution >= 0.6 is 0 Å². The van der Waals surface area contributed by atoms with Gasteiger partial charge in [-0.2, -0.15) is 4.31 Å². The molecule has 4 rings (SSSR count). The summed E-state index contributed by atoms with van der Waals surface area (Å²) < 4.78 is 57.7. The van der Waals surface area contributed by atoms with Crippen LogP contribution in [0.25, 0.3) is 10.8 Å². The number of hydrogen-bond donors (Lipinski definition) is 1. The van der Waals surface area contributed by atoms with Crippen LogP contribution in [0, 0.1) is 11.6 Å². The fourth-order valence-corrected chi connectivity index (χ4v) is 5.85. The van der Waals surface area contributed by atoms with E-state index in [-0.39, 0.29) is 28.3 Å². The largest absolute Gasteiger partial charge is 0.315 e. The van der Waals surface area contributed by atoms with Gasteiger partial charge in [0.2, 0.25) is 10.0 Å². The Bertz CT molecular complexity index is 1270. The molecule has 0 spiro atoms. The van der Waals surface area contributed by atoms with E-state index in [1.165, 1.54) is 51.3 Å². The monoisotopic (exact) mass is 447 g/mol. The smallest absolute Gasteiger partial charge is 0.258 e. The molecule has 9 heteroatoms. The quantitative estimate of drug-likeness (QED) is 0.668. The number of rotatable bonds is 4. The molecule has 1 fully saturated rings. The summed E-state index contributed by atoms with van der Waals surface area (Å²) in [6.07, 6.45) is 1.65. The number of halogens is 2. The molecule has 6 nitrogen and oxygen atoms in total. The Morgan fingerprint density at radius 1 is 1.13 bits per heavy atom. The molecule has 1 aliphatic rings. The predicted molar refractivity (Wildman–Crippen MR) is 115 cm³/mol. The van der Waals surface area contributed by atoms with Crippen LogP contribution in [0.5, 0.6) is 0 Å². The normalized spacial score (nSPS) is 18.2. The van der Waals surface area contributed by atoms with E-state index in [1.54, 1.807) is 6.92 Å². The van der Waals surface area contributed by atoms with Gasteiger partial charge in [-0.25, -0.2) is 17.2 Å². The van der Waals surface area contributed by atoms with E-state index in [0.29, 0.717) is 31.6 Å². The number of aromatic nitrogens is 1. The van der Waals surface area contributed by atoms with E-state index < -0.39 is 27.2 Å². The second kappa shape index (κ2) is 8.49. The van der Waals surface area contributed by atoms with Crippen molar-refractivity contribution in [3.63, 3.8) is 0 Å². The molecular formula is C22H23F2N3O3S. The fraction of sp³-hybridized carbons (Fsp3) is 0.318. The van der Waals surface area contributed by atoms with Crippen molar-refractivity contribution in [2.45, 2.75) is 30.8 Å². The first-order valence-corrected chi connectivity index (χ1v) is 11.5. The van der Waals surface area contributed by atoms with E-state index in [9.17, 15) is 17.6 Å². The third kappa shape index (κ3) is 4.13. The third-order valence-electron chi connectivity index (χ3n) is 5.54. The summed E-state index contributed by atoms with van der Waals surface area (Å²) in [6, 6.07) is 9.48. The first kappa shape index (κ1) is 21.6. The molecule has 0 unspecified atom stereocenters. The highest BCUT2D eigenvalue weighted by molar-refractivity contribution is 7.89. The molecule has 0 bridgehead atoms. The van der Waals surface area contributed by atoms with Crippen LogP contribution in [-0.2, 0) is 16.6 Å². The van der Waals surface area contributed by atoms with Crippen molar-refractivity contribution >= 4 is 20.8 Å². The first-order chi connectivity index (χ1) is 14.8. The van der Waals surface area contributed by atoms with Gasteiger partial charge in [-0.1, -0.05) is 18.2 Å².